The van der Waals surface area contributed by atoms with Gasteiger partial charge in [-0.2, -0.15) is 0 Å². The molecule has 0 aromatic heterocycles. The maximum absolute atomic E-state index is 12.5. The number of likely N-dealkylation sites (N-methyl/N-ethyl adjacent to an activating group) is 1. The molecule has 1 amide bonds. The molecule has 1 saturated heterocycles. The minimum atomic E-state index is 0.118. The molecule has 18 heavy (non-hydrogen) atoms. The van der Waals surface area contributed by atoms with Crippen molar-refractivity contribution in [2.24, 2.45) is 0 Å². The van der Waals surface area contributed by atoms with Crippen molar-refractivity contribution in [3.05, 3.63) is 29.3 Å². The van der Waals surface area contributed by atoms with Crippen LogP contribution in [0.15, 0.2) is 18.2 Å². The Morgan fingerprint density at radius 3 is 2.72 bits per heavy atom. The second kappa shape index (κ2) is 4.98. The first-order valence-corrected chi connectivity index (χ1v) is 6.34. The minimum absolute atomic E-state index is 0.118. The molecule has 0 bridgehead atoms. The van der Waals surface area contributed by atoms with Crippen LogP contribution in [0.2, 0.25) is 0 Å². The SMILES string of the molecule is Cc1cc(N)ccc1C(=O)N1CCN(C)C(C)C1. The maximum Gasteiger partial charge on any atom is 0.254 e. The highest BCUT2D eigenvalue weighted by atomic mass is 16.2. The summed E-state index contributed by atoms with van der Waals surface area (Å²) < 4.78 is 0. The highest BCUT2D eigenvalue weighted by Gasteiger charge is 2.25. The number of nitrogens with two attached hydrogens (primary N) is 1. The number of hydrogen-bond donors (Lipinski definition) is 1. The molecule has 0 saturated carbocycles. The molecule has 0 aliphatic carbocycles. The van der Waals surface area contributed by atoms with E-state index in [1.54, 1.807) is 6.07 Å². The van der Waals surface area contributed by atoms with Crippen LogP contribution in [-0.4, -0.2) is 48.4 Å². The van der Waals surface area contributed by atoms with E-state index in [1.807, 2.05) is 24.0 Å². The van der Waals surface area contributed by atoms with Crippen LogP contribution in [0.5, 0.6) is 0 Å². The number of benzene rings is 1. The molecule has 1 atom stereocenters. The number of piperazine rings is 1. The predicted octanol–water partition coefficient (Wildman–Crippen LogP) is 1.35. The molecule has 0 radical (unpaired) electrons. The number of carbonyl (C=O) groups is 1. The molecule has 1 aromatic carbocycles. The maximum atomic E-state index is 12.5. The van der Waals surface area contributed by atoms with Gasteiger partial charge in [0.2, 0.25) is 0 Å². The van der Waals surface area contributed by atoms with Crippen molar-refractivity contribution >= 4 is 11.6 Å². The van der Waals surface area contributed by atoms with E-state index in [0.717, 1.165) is 30.8 Å². The fraction of sp³-hybridized carbons (Fsp3) is 0.500. The number of anilines is 1. The predicted molar refractivity (Wildman–Crippen MR) is 73.6 cm³/mol. The molecule has 1 heterocycles. The molecule has 2 N–H and O–H groups in total. The van der Waals surface area contributed by atoms with Crippen LogP contribution in [0, 0.1) is 6.92 Å². The molecule has 2 rings (SSSR count). The van der Waals surface area contributed by atoms with Gasteiger partial charge in [-0.05, 0) is 44.7 Å². The van der Waals surface area contributed by atoms with Gasteiger partial charge in [0.15, 0.2) is 0 Å². The summed E-state index contributed by atoms with van der Waals surface area (Å²) in [6.07, 6.45) is 0. The average Bonchev–Trinajstić information content (AvgIpc) is 2.32. The van der Waals surface area contributed by atoms with Crippen LogP contribution in [0.4, 0.5) is 5.69 Å². The third-order valence-corrected chi connectivity index (χ3v) is 3.73. The van der Waals surface area contributed by atoms with E-state index in [1.165, 1.54) is 0 Å². The van der Waals surface area contributed by atoms with Crippen molar-refractivity contribution in [1.29, 1.82) is 0 Å². The number of hydrogen-bond acceptors (Lipinski definition) is 3. The number of amides is 1. The minimum Gasteiger partial charge on any atom is -0.399 e. The first-order chi connectivity index (χ1) is 8.49. The second-order valence-electron chi connectivity index (χ2n) is 5.16. The summed E-state index contributed by atoms with van der Waals surface area (Å²) in [5, 5.41) is 0. The summed E-state index contributed by atoms with van der Waals surface area (Å²) >= 11 is 0. The molecule has 1 aliphatic heterocycles. The van der Waals surface area contributed by atoms with Crippen molar-refractivity contribution in [1.82, 2.24) is 9.80 Å². The molecular formula is C14H21N3O. The summed E-state index contributed by atoms with van der Waals surface area (Å²) in [5.74, 6) is 0.118. The monoisotopic (exact) mass is 247 g/mol. The van der Waals surface area contributed by atoms with E-state index in [9.17, 15) is 4.79 Å². The summed E-state index contributed by atoms with van der Waals surface area (Å²) in [4.78, 5) is 16.7. The van der Waals surface area contributed by atoms with Crippen LogP contribution < -0.4 is 5.73 Å². The average molecular weight is 247 g/mol. The van der Waals surface area contributed by atoms with Crippen LogP contribution in [0.1, 0.15) is 22.8 Å². The van der Waals surface area contributed by atoms with Crippen LogP contribution in [0.3, 0.4) is 0 Å². The van der Waals surface area contributed by atoms with Crippen LogP contribution >= 0.6 is 0 Å². The molecule has 4 nitrogen and oxygen atoms in total. The molecule has 1 unspecified atom stereocenters. The third-order valence-electron chi connectivity index (χ3n) is 3.73. The Kier molecular flexibility index (Phi) is 3.57. The highest BCUT2D eigenvalue weighted by molar-refractivity contribution is 5.96. The van der Waals surface area contributed by atoms with Gasteiger partial charge in [0.1, 0.15) is 0 Å². The van der Waals surface area contributed by atoms with E-state index >= 15 is 0 Å². The van der Waals surface area contributed by atoms with Gasteiger partial charge in [0, 0.05) is 36.9 Å². The van der Waals surface area contributed by atoms with Gasteiger partial charge in [-0.15, -0.1) is 0 Å². The van der Waals surface area contributed by atoms with E-state index in [4.69, 9.17) is 5.73 Å². The lowest BCUT2D eigenvalue weighted by Crippen LogP contribution is -2.52. The van der Waals surface area contributed by atoms with Crippen molar-refractivity contribution in [2.75, 3.05) is 32.4 Å². The summed E-state index contributed by atoms with van der Waals surface area (Å²) in [6, 6.07) is 5.89. The fourth-order valence-corrected chi connectivity index (χ4v) is 2.33. The number of nitrogens with zero attached hydrogens (tertiary/aromatic N) is 2. The van der Waals surface area contributed by atoms with Gasteiger partial charge >= 0.3 is 0 Å². The van der Waals surface area contributed by atoms with Crippen molar-refractivity contribution in [3.8, 4) is 0 Å². The topological polar surface area (TPSA) is 49.6 Å². The highest BCUT2D eigenvalue weighted by Crippen LogP contribution is 2.17. The number of aryl methyl sites for hydroxylation is 1. The molecule has 0 spiro atoms. The Hall–Kier alpha value is -1.55. The van der Waals surface area contributed by atoms with E-state index in [0.29, 0.717) is 11.7 Å². The zero-order valence-corrected chi connectivity index (χ0v) is 11.3. The van der Waals surface area contributed by atoms with Gasteiger partial charge < -0.3 is 15.5 Å². The Balaban J connectivity index is 2.16. The largest absolute Gasteiger partial charge is 0.399 e. The summed E-state index contributed by atoms with van der Waals surface area (Å²) in [5.41, 5.74) is 8.13. The fourth-order valence-electron chi connectivity index (χ4n) is 2.33. The number of rotatable bonds is 1. The lowest BCUT2D eigenvalue weighted by Gasteiger charge is -2.37. The number of nitrogen functional groups attached to an aromatic ring is 1. The van der Waals surface area contributed by atoms with Crippen LogP contribution in [0.25, 0.3) is 0 Å². The normalized spacial score (nSPS) is 21.1. The Labute approximate surface area is 108 Å². The van der Waals surface area contributed by atoms with Crippen molar-refractivity contribution < 1.29 is 4.79 Å². The standard InChI is InChI=1S/C14H21N3O/c1-10-8-12(15)4-5-13(10)14(18)17-7-6-16(3)11(2)9-17/h4-5,8,11H,6-7,9,15H2,1-3H3. The van der Waals surface area contributed by atoms with Gasteiger partial charge in [-0.3, -0.25) is 4.79 Å². The van der Waals surface area contributed by atoms with E-state index in [-0.39, 0.29) is 5.91 Å². The Bertz CT molecular complexity index is 458. The quantitative estimate of drug-likeness (QED) is 0.762. The van der Waals surface area contributed by atoms with Gasteiger partial charge in [0.25, 0.3) is 5.91 Å². The first kappa shape index (κ1) is 12.9. The van der Waals surface area contributed by atoms with Crippen molar-refractivity contribution in [3.63, 3.8) is 0 Å². The van der Waals surface area contributed by atoms with E-state index in [2.05, 4.69) is 18.9 Å². The summed E-state index contributed by atoms with van der Waals surface area (Å²) in [6.45, 7) is 6.60. The lowest BCUT2D eigenvalue weighted by molar-refractivity contribution is 0.0572. The molecular weight excluding hydrogens is 226 g/mol. The van der Waals surface area contributed by atoms with Crippen molar-refractivity contribution in [2.45, 2.75) is 19.9 Å². The molecule has 1 fully saturated rings. The van der Waals surface area contributed by atoms with Crippen LogP contribution in [-0.2, 0) is 0 Å². The third kappa shape index (κ3) is 2.48. The zero-order valence-electron chi connectivity index (χ0n) is 11.3. The second-order valence-corrected chi connectivity index (χ2v) is 5.16. The first-order valence-electron chi connectivity index (χ1n) is 6.34. The molecule has 98 valence electrons. The van der Waals surface area contributed by atoms with Gasteiger partial charge in [0.05, 0.1) is 0 Å². The zero-order chi connectivity index (χ0) is 13.3. The van der Waals surface area contributed by atoms with E-state index < -0.39 is 0 Å². The lowest BCUT2D eigenvalue weighted by atomic mass is 10.1. The Morgan fingerprint density at radius 2 is 2.11 bits per heavy atom. The van der Waals surface area contributed by atoms with Gasteiger partial charge in [-0.25, -0.2) is 0 Å². The number of carbonyl (C=O) groups excluding carboxylic acids is 1. The molecule has 4 heteroatoms. The molecule has 1 aliphatic rings. The molecule has 1 aromatic rings. The Morgan fingerprint density at radius 1 is 1.39 bits per heavy atom. The van der Waals surface area contributed by atoms with Gasteiger partial charge in [-0.1, -0.05) is 0 Å². The smallest absolute Gasteiger partial charge is 0.254 e. The summed E-state index contributed by atoms with van der Waals surface area (Å²) in [7, 11) is 2.10.